The number of rotatable bonds is 6. The van der Waals surface area contributed by atoms with E-state index >= 15 is 0 Å². The molecule has 108 valence electrons. The molecule has 0 bridgehead atoms. The minimum Gasteiger partial charge on any atom is -0.496 e. The number of nitrogens with zero attached hydrogens (tertiary/aromatic N) is 2. The summed E-state index contributed by atoms with van der Waals surface area (Å²) in [5.74, 6) is 1.53. The van der Waals surface area contributed by atoms with Gasteiger partial charge in [-0.1, -0.05) is 38.0 Å². The first kappa shape index (κ1) is 14.4. The van der Waals surface area contributed by atoms with Gasteiger partial charge in [0, 0.05) is 12.6 Å². The Hall–Kier alpha value is -1.97. The van der Waals surface area contributed by atoms with Crippen LogP contribution in [0.5, 0.6) is 5.75 Å². The van der Waals surface area contributed by atoms with Gasteiger partial charge in [-0.05, 0) is 18.9 Å². The summed E-state index contributed by atoms with van der Waals surface area (Å²) in [5.41, 5.74) is 9.30. The minimum absolute atomic E-state index is 0.695. The highest BCUT2D eigenvalue weighted by Gasteiger charge is 2.18. The van der Waals surface area contributed by atoms with Crippen molar-refractivity contribution in [2.24, 2.45) is 7.05 Å². The number of anilines is 1. The Balaban J connectivity index is 2.43. The topological polar surface area (TPSA) is 53.1 Å². The average Bonchev–Trinajstić information content (AvgIpc) is 2.74. The molecule has 2 aromatic rings. The zero-order valence-electron chi connectivity index (χ0n) is 12.5. The molecule has 0 saturated heterocycles. The van der Waals surface area contributed by atoms with E-state index in [1.54, 1.807) is 11.8 Å². The van der Waals surface area contributed by atoms with Gasteiger partial charge in [0.25, 0.3) is 0 Å². The number of hydrogen-bond acceptors (Lipinski definition) is 3. The van der Waals surface area contributed by atoms with E-state index in [2.05, 4.69) is 12.0 Å². The molecule has 1 aromatic carbocycles. The standard InChI is InChI=1S/C16H23N3O/c1-4-5-6-10-13-15(16(17)19(2)18-13)12-9-7-8-11-14(12)20-3/h7-9,11H,4-6,10,17H2,1-3H3. The molecule has 20 heavy (non-hydrogen) atoms. The summed E-state index contributed by atoms with van der Waals surface area (Å²) >= 11 is 0. The van der Waals surface area contributed by atoms with Gasteiger partial charge < -0.3 is 10.5 Å². The van der Waals surface area contributed by atoms with Crippen LogP contribution in [0.3, 0.4) is 0 Å². The Kier molecular flexibility index (Phi) is 4.66. The second-order valence-electron chi connectivity index (χ2n) is 4.99. The normalized spacial score (nSPS) is 10.8. The molecule has 0 aliphatic carbocycles. The molecule has 0 amide bonds. The first-order valence-corrected chi connectivity index (χ1v) is 7.13. The van der Waals surface area contributed by atoms with E-state index in [0.29, 0.717) is 5.82 Å². The smallest absolute Gasteiger partial charge is 0.129 e. The Morgan fingerprint density at radius 3 is 2.70 bits per heavy atom. The highest BCUT2D eigenvalue weighted by molar-refractivity contribution is 5.80. The van der Waals surface area contributed by atoms with Gasteiger partial charge in [-0.3, -0.25) is 4.68 Å². The number of hydrogen-bond donors (Lipinski definition) is 1. The lowest BCUT2D eigenvalue weighted by molar-refractivity contribution is 0.416. The molecule has 0 spiro atoms. The fourth-order valence-corrected chi connectivity index (χ4v) is 2.46. The van der Waals surface area contributed by atoms with Gasteiger partial charge in [0.2, 0.25) is 0 Å². The molecule has 2 N–H and O–H groups in total. The lowest BCUT2D eigenvalue weighted by Gasteiger charge is -2.09. The third kappa shape index (κ3) is 2.79. The molecule has 0 radical (unpaired) electrons. The SMILES string of the molecule is CCCCCc1nn(C)c(N)c1-c1ccccc1OC. The van der Waals surface area contributed by atoms with E-state index in [9.17, 15) is 0 Å². The van der Waals surface area contributed by atoms with Crippen molar-refractivity contribution in [1.82, 2.24) is 9.78 Å². The summed E-state index contributed by atoms with van der Waals surface area (Å²) < 4.78 is 7.21. The highest BCUT2D eigenvalue weighted by Crippen LogP contribution is 2.36. The van der Waals surface area contributed by atoms with Crippen molar-refractivity contribution in [3.8, 4) is 16.9 Å². The van der Waals surface area contributed by atoms with Gasteiger partial charge in [0.1, 0.15) is 11.6 Å². The Labute approximate surface area is 120 Å². The summed E-state index contributed by atoms with van der Waals surface area (Å²) in [6, 6.07) is 7.96. The molecule has 0 aliphatic heterocycles. The fourth-order valence-electron chi connectivity index (χ4n) is 2.46. The summed E-state index contributed by atoms with van der Waals surface area (Å²) in [7, 11) is 3.57. The van der Waals surface area contributed by atoms with Gasteiger partial charge in [-0.2, -0.15) is 5.10 Å². The number of aromatic nitrogens is 2. The van der Waals surface area contributed by atoms with Crippen LogP contribution in [0.25, 0.3) is 11.1 Å². The van der Waals surface area contributed by atoms with E-state index in [1.165, 1.54) is 12.8 Å². The average molecular weight is 273 g/mol. The van der Waals surface area contributed by atoms with Crippen molar-refractivity contribution < 1.29 is 4.74 Å². The Morgan fingerprint density at radius 1 is 1.25 bits per heavy atom. The van der Waals surface area contributed by atoms with E-state index in [0.717, 1.165) is 35.4 Å². The summed E-state index contributed by atoms with van der Waals surface area (Å²) in [6.07, 6.45) is 4.50. The number of aryl methyl sites for hydroxylation is 2. The molecular weight excluding hydrogens is 250 g/mol. The van der Waals surface area contributed by atoms with Gasteiger partial charge >= 0.3 is 0 Å². The van der Waals surface area contributed by atoms with E-state index in [-0.39, 0.29) is 0 Å². The first-order valence-electron chi connectivity index (χ1n) is 7.13. The first-order chi connectivity index (χ1) is 9.69. The molecule has 1 aromatic heterocycles. The lowest BCUT2D eigenvalue weighted by atomic mass is 10.0. The van der Waals surface area contributed by atoms with Crippen molar-refractivity contribution in [3.63, 3.8) is 0 Å². The summed E-state index contributed by atoms with van der Waals surface area (Å²) in [6.45, 7) is 2.20. The molecular formula is C16H23N3O. The number of nitrogens with two attached hydrogens (primary N) is 1. The van der Waals surface area contributed by atoms with E-state index in [4.69, 9.17) is 10.5 Å². The van der Waals surface area contributed by atoms with Crippen molar-refractivity contribution in [3.05, 3.63) is 30.0 Å². The van der Waals surface area contributed by atoms with Crippen LogP contribution in [-0.4, -0.2) is 16.9 Å². The monoisotopic (exact) mass is 273 g/mol. The predicted molar refractivity (Wildman–Crippen MR) is 82.8 cm³/mol. The molecule has 2 rings (SSSR count). The number of methoxy groups -OCH3 is 1. The van der Waals surface area contributed by atoms with Crippen molar-refractivity contribution in [2.75, 3.05) is 12.8 Å². The molecule has 0 atom stereocenters. The van der Waals surface area contributed by atoms with Crippen LogP contribution in [0.4, 0.5) is 5.82 Å². The second kappa shape index (κ2) is 6.46. The Bertz CT molecular complexity index is 575. The quantitative estimate of drug-likeness (QED) is 0.821. The van der Waals surface area contributed by atoms with Gasteiger partial charge in [-0.25, -0.2) is 0 Å². The zero-order chi connectivity index (χ0) is 14.5. The molecule has 0 unspecified atom stereocenters. The summed E-state index contributed by atoms with van der Waals surface area (Å²) in [4.78, 5) is 0. The maximum atomic E-state index is 6.21. The maximum absolute atomic E-state index is 6.21. The van der Waals surface area contributed by atoms with Crippen LogP contribution in [0.1, 0.15) is 31.9 Å². The van der Waals surface area contributed by atoms with Crippen LogP contribution in [0, 0.1) is 0 Å². The Morgan fingerprint density at radius 2 is 2.00 bits per heavy atom. The molecule has 0 aliphatic rings. The van der Waals surface area contributed by atoms with E-state index in [1.807, 2.05) is 31.3 Å². The maximum Gasteiger partial charge on any atom is 0.129 e. The molecule has 4 nitrogen and oxygen atoms in total. The van der Waals surface area contributed by atoms with Crippen LogP contribution in [0.15, 0.2) is 24.3 Å². The van der Waals surface area contributed by atoms with Gasteiger partial charge in [-0.15, -0.1) is 0 Å². The number of unbranched alkanes of at least 4 members (excludes halogenated alkanes) is 2. The van der Waals surface area contributed by atoms with Crippen LogP contribution in [0.2, 0.25) is 0 Å². The van der Waals surface area contributed by atoms with Crippen LogP contribution < -0.4 is 10.5 Å². The number of benzene rings is 1. The third-order valence-corrected chi connectivity index (χ3v) is 3.56. The molecule has 0 fully saturated rings. The predicted octanol–water partition coefficient (Wildman–Crippen LogP) is 3.41. The van der Waals surface area contributed by atoms with Gasteiger partial charge in [0.15, 0.2) is 0 Å². The zero-order valence-corrected chi connectivity index (χ0v) is 12.5. The number of ether oxygens (including phenoxy) is 1. The molecule has 4 heteroatoms. The summed E-state index contributed by atoms with van der Waals surface area (Å²) in [5, 5.41) is 4.57. The van der Waals surface area contributed by atoms with Crippen molar-refractivity contribution >= 4 is 5.82 Å². The van der Waals surface area contributed by atoms with Gasteiger partial charge in [0.05, 0.1) is 18.4 Å². The van der Waals surface area contributed by atoms with Crippen molar-refractivity contribution in [2.45, 2.75) is 32.6 Å². The molecule has 0 saturated carbocycles. The second-order valence-corrected chi connectivity index (χ2v) is 4.99. The third-order valence-electron chi connectivity index (χ3n) is 3.56. The number of nitrogen functional groups attached to an aromatic ring is 1. The largest absolute Gasteiger partial charge is 0.496 e. The van der Waals surface area contributed by atoms with E-state index < -0.39 is 0 Å². The molecule has 1 heterocycles. The van der Waals surface area contributed by atoms with Crippen LogP contribution in [-0.2, 0) is 13.5 Å². The lowest BCUT2D eigenvalue weighted by Crippen LogP contribution is -1.98. The minimum atomic E-state index is 0.695. The number of para-hydroxylation sites is 1. The van der Waals surface area contributed by atoms with Crippen LogP contribution >= 0.6 is 0 Å². The highest BCUT2D eigenvalue weighted by atomic mass is 16.5. The fraction of sp³-hybridized carbons (Fsp3) is 0.438. The van der Waals surface area contributed by atoms with Crippen molar-refractivity contribution in [1.29, 1.82) is 0 Å².